The summed E-state index contributed by atoms with van der Waals surface area (Å²) in [7, 11) is 4.02. The number of amides is 1. The number of anilines is 3. The smallest absolute Gasteiger partial charge is 0.245 e. The first kappa shape index (κ1) is 30.1. The minimum atomic E-state index is -0.0300. The minimum absolute atomic E-state index is 0.0300. The van der Waals surface area contributed by atoms with Gasteiger partial charge < -0.3 is 29.9 Å². The molecule has 0 aliphatic carbocycles. The number of aromatic nitrogens is 3. The van der Waals surface area contributed by atoms with Crippen molar-refractivity contribution in [2.75, 3.05) is 51.0 Å². The molecule has 0 unspecified atom stereocenters. The van der Waals surface area contributed by atoms with Gasteiger partial charge in [0.1, 0.15) is 36.9 Å². The van der Waals surface area contributed by atoms with Crippen molar-refractivity contribution in [3.8, 4) is 11.5 Å². The molecule has 10 nitrogen and oxygen atoms in total. The Morgan fingerprint density at radius 3 is 2.65 bits per heavy atom. The normalized spacial score (nSPS) is 13.6. The van der Waals surface area contributed by atoms with Crippen LogP contribution in [-0.2, 0) is 11.4 Å². The average Bonchev–Trinajstić information content (AvgIpc) is 3.01. The van der Waals surface area contributed by atoms with Crippen LogP contribution in [0.15, 0.2) is 73.7 Å². The van der Waals surface area contributed by atoms with E-state index in [4.69, 9.17) is 21.1 Å². The van der Waals surface area contributed by atoms with Gasteiger partial charge in [-0.25, -0.2) is 9.97 Å². The molecule has 3 heterocycles. The number of fused-ring (bicyclic) bond motifs is 1. The number of likely N-dealkylation sites (N-methyl/N-ethyl adjacent to an activating group) is 1. The van der Waals surface area contributed by atoms with Crippen molar-refractivity contribution in [3.05, 3.63) is 84.4 Å². The summed E-state index contributed by atoms with van der Waals surface area (Å²) in [6.07, 6.45) is 6.27. The van der Waals surface area contributed by atoms with Crippen LogP contribution in [0.25, 0.3) is 10.9 Å². The highest BCUT2D eigenvalue weighted by Crippen LogP contribution is 2.36. The van der Waals surface area contributed by atoms with E-state index in [1.807, 2.05) is 61.5 Å². The number of hydrogen-bond donors (Lipinski definition) is 2. The number of rotatable bonds is 12. The van der Waals surface area contributed by atoms with Crippen LogP contribution in [0, 0.1) is 0 Å². The van der Waals surface area contributed by atoms with E-state index in [2.05, 4.69) is 37.1 Å². The van der Waals surface area contributed by atoms with E-state index in [1.54, 1.807) is 12.3 Å². The third-order valence-corrected chi connectivity index (χ3v) is 7.47. The van der Waals surface area contributed by atoms with Gasteiger partial charge >= 0.3 is 0 Å². The van der Waals surface area contributed by atoms with Crippen LogP contribution in [0.3, 0.4) is 0 Å². The van der Waals surface area contributed by atoms with Gasteiger partial charge in [0.05, 0.1) is 21.9 Å². The van der Waals surface area contributed by atoms with Crippen LogP contribution < -0.4 is 20.1 Å². The Kier molecular flexibility index (Phi) is 9.91. The summed E-state index contributed by atoms with van der Waals surface area (Å²) in [6.45, 7) is 6.58. The summed E-state index contributed by atoms with van der Waals surface area (Å²) < 4.78 is 12.1. The van der Waals surface area contributed by atoms with E-state index in [-0.39, 0.29) is 11.9 Å². The number of pyridine rings is 1. The first-order chi connectivity index (χ1) is 20.9. The van der Waals surface area contributed by atoms with Gasteiger partial charge in [-0.2, -0.15) is 0 Å². The summed E-state index contributed by atoms with van der Waals surface area (Å²) in [6, 6.07) is 15.4. The number of nitrogens with zero attached hydrogens (tertiary/aromatic N) is 5. The fraction of sp³-hybridized carbons (Fsp3) is 0.312. The van der Waals surface area contributed by atoms with E-state index in [1.165, 1.54) is 12.4 Å². The number of carbonyl (C=O) groups is 1. The molecular formula is C32H36ClN7O3. The Morgan fingerprint density at radius 1 is 1.09 bits per heavy atom. The van der Waals surface area contributed by atoms with Gasteiger partial charge in [-0.15, -0.1) is 0 Å². The lowest BCUT2D eigenvalue weighted by atomic mass is 10.0. The molecule has 1 aliphatic heterocycles. The van der Waals surface area contributed by atoms with Crippen molar-refractivity contribution in [1.82, 2.24) is 24.8 Å². The van der Waals surface area contributed by atoms with Gasteiger partial charge in [0, 0.05) is 49.0 Å². The lowest BCUT2D eigenvalue weighted by Gasteiger charge is -2.32. The zero-order chi connectivity index (χ0) is 30.2. The molecule has 5 rings (SSSR count). The SMILES string of the molecule is C=CC(=O)N1CCC(Nc2cc3c(Nc4ccc(OCc5ccccn5)c(Cl)c4)ncnc3cc2OCCN(C)C)CC1. The molecule has 1 aliphatic rings. The maximum Gasteiger partial charge on any atom is 0.245 e. The van der Waals surface area contributed by atoms with E-state index < -0.39 is 0 Å². The summed E-state index contributed by atoms with van der Waals surface area (Å²) in [5.74, 6) is 1.90. The number of likely N-dealkylation sites (tertiary alicyclic amines) is 1. The molecule has 0 bridgehead atoms. The second-order valence-corrected chi connectivity index (χ2v) is 11.0. The molecule has 2 aromatic carbocycles. The summed E-state index contributed by atoms with van der Waals surface area (Å²) >= 11 is 6.57. The van der Waals surface area contributed by atoms with Gasteiger partial charge in [-0.05, 0) is 69.4 Å². The third kappa shape index (κ3) is 7.91. The Labute approximate surface area is 256 Å². The minimum Gasteiger partial charge on any atom is -0.490 e. The highest BCUT2D eigenvalue weighted by Gasteiger charge is 2.23. The van der Waals surface area contributed by atoms with Crippen LogP contribution in [0.5, 0.6) is 11.5 Å². The first-order valence-corrected chi connectivity index (χ1v) is 14.6. The molecule has 0 spiro atoms. The Hall–Kier alpha value is -4.41. The van der Waals surface area contributed by atoms with E-state index >= 15 is 0 Å². The van der Waals surface area contributed by atoms with Crippen LogP contribution in [0.2, 0.25) is 5.02 Å². The number of carbonyl (C=O) groups excluding carboxylic acids is 1. The van der Waals surface area contributed by atoms with Gasteiger partial charge in [-0.3, -0.25) is 9.78 Å². The maximum absolute atomic E-state index is 12.0. The Bertz CT molecular complexity index is 1560. The molecule has 1 fully saturated rings. The number of halogens is 1. The van der Waals surface area contributed by atoms with E-state index in [0.29, 0.717) is 42.9 Å². The molecule has 11 heteroatoms. The standard InChI is InChI=1S/C32H36ClN7O3/c1-4-31(41)40-13-10-22(11-14-40)37-28-18-25-27(19-30(28)42-16-15-39(2)3)35-21-36-32(25)38-23-8-9-29(26(33)17-23)43-20-24-7-5-6-12-34-24/h4-9,12,17-19,21-22,37H,1,10-11,13-16,20H2,2-3H3,(H,35,36,38). The molecule has 4 aromatic rings. The van der Waals surface area contributed by atoms with Crippen molar-refractivity contribution in [1.29, 1.82) is 0 Å². The Morgan fingerprint density at radius 2 is 1.93 bits per heavy atom. The zero-order valence-corrected chi connectivity index (χ0v) is 25.2. The van der Waals surface area contributed by atoms with Crippen molar-refractivity contribution in [2.24, 2.45) is 0 Å². The van der Waals surface area contributed by atoms with Crippen molar-refractivity contribution >= 4 is 45.6 Å². The van der Waals surface area contributed by atoms with Gasteiger partial charge in [0.15, 0.2) is 0 Å². The summed E-state index contributed by atoms with van der Waals surface area (Å²) in [4.78, 5) is 29.3. The maximum atomic E-state index is 12.0. The number of benzene rings is 2. The first-order valence-electron chi connectivity index (χ1n) is 14.2. The predicted molar refractivity (Wildman–Crippen MR) is 170 cm³/mol. The molecular weight excluding hydrogens is 566 g/mol. The molecule has 2 N–H and O–H groups in total. The summed E-state index contributed by atoms with van der Waals surface area (Å²) in [5.41, 5.74) is 3.18. The van der Waals surface area contributed by atoms with Crippen LogP contribution in [-0.4, -0.2) is 77.0 Å². The average molecular weight is 602 g/mol. The second-order valence-electron chi connectivity index (χ2n) is 10.6. The van der Waals surface area contributed by atoms with Crippen molar-refractivity contribution < 1.29 is 14.3 Å². The highest BCUT2D eigenvalue weighted by molar-refractivity contribution is 6.32. The fourth-order valence-electron chi connectivity index (χ4n) is 4.81. The third-order valence-electron chi connectivity index (χ3n) is 7.17. The molecule has 0 saturated carbocycles. The number of hydrogen-bond acceptors (Lipinski definition) is 9. The lowest BCUT2D eigenvalue weighted by Crippen LogP contribution is -2.41. The van der Waals surface area contributed by atoms with Crippen LogP contribution in [0.1, 0.15) is 18.5 Å². The van der Waals surface area contributed by atoms with Crippen molar-refractivity contribution in [2.45, 2.75) is 25.5 Å². The van der Waals surface area contributed by atoms with Gasteiger partial charge in [0.25, 0.3) is 0 Å². The quantitative estimate of drug-likeness (QED) is 0.203. The molecule has 43 heavy (non-hydrogen) atoms. The van der Waals surface area contributed by atoms with E-state index in [0.717, 1.165) is 53.1 Å². The number of piperidine rings is 1. The molecule has 1 amide bonds. The number of nitrogens with one attached hydrogen (secondary N) is 2. The largest absolute Gasteiger partial charge is 0.490 e. The molecule has 224 valence electrons. The van der Waals surface area contributed by atoms with Crippen LogP contribution >= 0.6 is 11.6 Å². The lowest BCUT2D eigenvalue weighted by molar-refractivity contribution is -0.126. The van der Waals surface area contributed by atoms with Crippen molar-refractivity contribution in [3.63, 3.8) is 0 Å². The predicted octanol–water partition coefficient (Wildman–Crippen LogP) is 5.53. The highest BCUT2D eigenvalue weighted by atomic mass is 35.5. The zero-order valence-electron chi connectivity index (χ0n) is 24.4. The monoisotopic (exact) mass is 601 g/mol. The molecule has 2 aromatic heterocycles. The fourth-order valence-corrected chi connectivity index (χ4v) is 5.05. The number of ether oxygens (including phenoxy) is 2. The Balaban J connectivity index is 1.36. The topological polar surface area (TPSA) is 105 Å². The summed E-state index contributed by atoms with van der Waals surface area (Å²) in [5, 5.41) is 8.35. The molecule has 0 radical (unpaired) electrons. The molecule has 0 atom stereocenters. The van der Waals surface area contributed by atoms with Crippen LogP contribution in [0.4, 0.5) is 17.2 Å². The second kappa shape index (κ2) is 14.2. The van der Waals surface area contributed by atoms with Gasteiger partial charge in [0.2, 0.25) is 5.91 Å². The molecule has 1 saturated heterocycles. The van der Waals surface area contributed by atoms with E-state index in [9.17, 15) is 4.79 Å². The van der Waals surface area contributed by atoms with Gasteiger partial charge in [-0.1, -0.05) is 24.2 Å².